The Kier molecular flexibility index (Phi) is 4.57. The summed E-state index contributed by atoms with van der Waals surface area (Å²) in [6.45, 7) is 0.664. The highest BCUT2D eigenvalue weighted by atomic mass is 16.1. The summed E-state index contributed by atoms with van der Waals surface area (Å²) in [5, 5.41) is 4.07. The third kappa shape index (κ3) is 3.27. The molecule has 2 aromatic carbocycles. The zero-order valence-electron chi connectivity index (χ0n) is 14.7. The maximum atomic E-state index is 12.6. The minimum Gasteiger partial charge on any atom is -0.398 e. The van der Waals surface area contributed by atoms with Crippen molar-refractivity contribution in [2.45, 2.75) is 25.7 Å². The molecule has 0 bridgehead atoms. The Hall–Kier alpha value is -2.88. The number of aromatic nitrogens is 1. The van der Waals surface area contributed by atoms with Crippen molar-refractivity contribution in [3.8, 4) is 0 Å². The first kappa shape index (κ1) is 16.6. The quantitative estimate of drug-likeness (QED) is 0.762. The van der Waals surface area contributed by atoms with E-state index in [4.69, 9.17) is 10.7 Å². The van der Waals surface area contributed by atoms with E-state index in [9.17, 15) is 4.79 Å². The summed E-state index contributed by atoms with van der Waals surface area (Å²) in [6.07, 6.45) is 3.16. The van der Waals surface area contributed by atoms with Crippen molar-refractivity contribution in [2.24, 2.45) is 5.92 Å². The molecule has 0 saturated carbocycles. The Morgan fingerprint density at radius 3 is 2.73 bits per heavy atom. The number of carbonyl (C=O) groups excluding carboxylic acids is 1. The summed E-state index contributed by atoms with van der Waals surface area (Å²) in [6, 6.07) is 18.2. The fourth-order valence-electron chi connectivity index (χ4n) is 3.77. The molecule has 0 saturated heterocycles. The smallest absolute Gasteiger partial charge is 0.223 e. The van der Waals surface area contributed by atoms with Crippen LogP contribution >= 0.6 is 0 Å². The molecule has 4 rings (SSSR count). The molecule has 4 heteroatoms. The Morgan fingerprint density at radius 2 is 1.88 bits per heavy atom. The fourth-order valence-corrected chi connectivity index (χ4v) is 3.77. The zero-order chi connectivity index (χ0) is 17.9. The van der Waals surface area contributed by atoms with Gasteiger partial charge >= 0.3 is 0 Å². The molecule has 0 fully saturated rings. The van der Waals surface area contributed by atoms with Gasteiger partial charge in [-0.2, -0.15) is 0 Å². The van der Waals surface area contributed by atoms with Crippen LogP contribution in [0.3, 0.4) is 0 Å². The number of benzene rings is 2. The number of rotatable bonds is 4. The number of amides is 1. The van der Waals surface area contributed by atoms with Gasteiger partial charge in [0.2, 0.25) is 5.91 Å². The van der Waals surface area contributed by atoms with Crippen molar-refractivity contribution in [1.29, 1.82) is 0 Å². The zero-order valence-corrected chi connectivity index (χ0v) is 14.7. The number of anilines is 1. The normalized spacial score (nSPS) is 16.2. The number of pyridine rings is 1. The van der Waals surface area contributed by atoms with Gasteiger partial charge in [-0.25, -0.2) is 0 Å². The van der Waals surface area contributed by atoms with Crippen LogP contribution in [-0.2, 0) is 24.1 Å². The van der Waals surface area contributed by atoms with Crippen molar-refractivity contribution >= 4 is 22.5 Å². The summed E-state index contributed by atoms with van der Waals surface area (Å²) in [7, 11) is 0. The highest BCUT2D eigenvalue weighted by Crippen LogP contribution is 2.33. The van der Waals surface area contributed by atoms with Crippen LogP contribution in [-0.4, -0.2) is 17.4 Å². The Bertz CT molecular complexity index is 937. The molecule has 26 heavy (non-hydrogen) atoms. The van der Waals surface area contributed by atoms with E-state index in [0.717, 1.165) is 47.1 Å². The Labute approximate surface area is 153 Å². The molecule has 1 heterocycles. The SMILES string of the molecule is Nc1c2c(nc3ccccc13)CCC(C(=O)NCCc1ccccc1)C2. The highest BCUT2D eigenvalue weighted by molar-refractivity contribution is 5.92. The molecule has 132 valence electrons. The number of nitrogens with one attached hydrogen (secondary N) is 1. The van der Waals surface area contributed by atoms with Gasteiger partial charge in [0, 0.05) is 29.2 Å². The number of hydrogen-bond donors (Lipinski definition) is 2. The molecule has 1 aliphatic rings. The topological polar surface area (TPSA) is 68.0 Å². The summed E-state index contributed by atoms with van der Waals surface area (Å²) >= 11 is 0. The van der Waals surface area contributed by atoms with Crippen molar-refractivity contribution < 1.29 is 4.79 Å². The minimum atomic E-state index is -0.0245. The summed E-state index contributed by atoms with van der Waals surface area (Å²) in [4.78, 5) is 17.4. The Balaban J connectivity index is 1.44. The van der Waals surface area contributed by atoms with E-state index in [1.165, 1.54) is 5.56 Å². The van der Waals surface area contributed by atoms with E-state index in [0.29, 0.717) is 13.0 Å². The lowest BCUT2D eigenvalue weighted by atomic mass is 9.84. The van der Waals surface area contributed by atoms with E-state index in [1.54, 1.807) is 0 Å². The first-order valence-corrected chi connectivity index (χ1v) is 9.20. The largest absolute Gasteiger partial charge is 0.398 e. The first-order chi connectivity index (χ1) is 12.7. The van der Waals surface area contributed by atoms with Crippen LogP contribution in [0.2, 0.25) is 0 Å². The predicted octanol–water partition coefficient (Wildman–Crippen LogP) is 3.28. The van der Waals surface area contributed by atoms with E-state index in [2.05, 4.69) is 17.4 Å². The van der Waals surface area contributed by atoms with Gasteiger partial charge in [0.05, 0.1) is 5.52 Å². The number of para-hydroxylation sites is 1. The molecular weight excluding hydrogens is 322 g/mol. The number of nitrogens with zero attached hydrogens (tertiary/aromatic N) is 1. The molecule has 1 atom stereocenters. The van der Waals surface area contributed by atoms with Crippen LogP contribution in [0.5, 0.6) is 0 Å². The minimum absolute atomic E-state index is 0.0245. The van der Waals surface area contributed by atoms with Crippen molar-refractivity contribution in [3.63, 3.8) is 0 Å². The molecule has 1 aliphatic carbocycles. The second-order valence-corrected chi connectivity index (χ2v) is 6.93. The number of nitrogens with two attached hydrogens (primary N) is 1. The molecule has 0 spiro atoms. The van der Waals surface area contributed by atoms with E-state index >= 15 is 0 Å². The van der Waals surface area contributed by atoms with Gasteiger partial charge in [0.1, 0.15) is 0 Å². The van der Waals surface area contributed by atoms with Gasteiger partial charge in [-0.05, 0) is 42.9 Å². The maximum absolute atomic E-state index is 12.6. The van der Waals surface area contributed by atoms with Gasteiger partial charge in [0.15, 0.2) is 0 Å². The molecular formula is C22H23N3O. The van der Waals surface area contributed by atoms with E-state index in [-0.39, 0.29) is 11.8 Å². The average molecular weight is 345 g/mol. The van der Waals surface area contributed by atoms with Crippen LogP contribution in [0.25, 0.3) is 10.9 Å². The van der Waals surface area contributed by atoms with Crippen LogP contribution in [0, 0.1) is 5.92 Å². The second kappa shape index (κ2) is 7.16. The fraction of sp³-hybridized carbons (Fsp3) is 0.273. The molecule has 1 amide bonds. The van der Waals surface area contributed by atoms with E-state index < -0.39 is 0 Å². The lowest BCUT2D eigenvalue weighted by Crippen LogP contribution is -2.35. The van der Waals surface area contributed by atoms with Crippen molar-refractivity contribution in [1.82, 2.24) is 10.3 Å². The highest BCUT2D eigenvalue weighted by Gasteiger charge is 2.27. The van der Waals surface area contributed by atoms with Crippen LogP contribution in [0.1, 0.15) is 23.2 Å². The van der Waals surface area contributed by atoms with Crippen LogP contribution in [0.4, 0.5) is 5.69 Å². The lowest BCUT2D eigenvalue weighted by Gasteiger charge is -2.25. The average Bonchev–Trinajstić information content (AvgIpc) is 2.69. The van der Waals surface area contributed by atoms with E-state index in [1.807, 2.05) is 42.5 Å². The molecule has 0 aliphatic heterocycles. The third-order valence-electron chi connectivity index (χ3n) is 5.23. The third-order valence-corrected chi connectivity index (χ3v) is 5.23. The van der Waals surface area contributed by atoms with Crippen LogP contribution < -0.4 is 11.1 Å². The molecule has 0 radical (unpaired) electrons. The van der Waals surface area contributed by atoms with Crippen LogP contribution in [0.15, 0.2) is 54.6 Å². The standard InChI is InChI=1S/C22H23N3O/c23-21-17-8-4-5-9-19(17)25-20-11-10-16(14-18(20)21)22(26)24-13-12-15-6-2-1-3-7-15/h1-9,16H,10-14H2,(H2,23,25)(H,24,26). The maximum Gasteiger partial charge on any atom is 0.223 e. The Morgan fingerprint density at radius 1 is 1.12 bits per heavy atom. The van der Waals surface area contributed by atoms with Gasteiger partial charge < -0.3 is 11.1 Å². The number of carbonyl (C=O) groups is 1. The molecule has 3 N–H and O–H groups in total. The monoisotopic (exact) mass is 345 g/mol. The van der Waals surface area contributed by atoms with Gasteiger partial charge in [0.25, 0.3) is 0 Å². The predicted molar refractivity (Wildman–Crippen MR) is 105 cm³/mol. The first-order valence-electron chi connectivity index (χ1n) is 9.20. The summed E-state index contributed by atoms with van der Waals surface area (Å²) in [5.74, 6) is 0.0997. The molecule has 3 aromatic rings. The number of hydrogen-bond acceptors (Lipinski definition) is 3. The van der Waals surface area contributed by atoms with Gasteiger partial charge in [-0.3, -0.25) is 9.78 Å². The van der Waals surface area contributed by atoms with Gasteiger partial charge in [-0.1, -0.05) is 48.5 Å². The van der Waals surface area contributed by atoms with Crippen molar-refractivity contribution in [2.75, 3.05) is 12.3 Å². The van der Waals surface area contributed by atoms with Gasteiger partial charge in [-0.15, -0.1) is 0 Å². The molecule has 1 aromatic heterocycles. The number of nitrogen functional groups attached to an aromatic ring is 1. The summed E-state index contributed by atoms with van der Waals surface area (Å²) < 4.78 is 0. The summed E-state index contributed by atoms with van der Waals surface area (Å²) in [5.41, 5.74) is 11.5. The molecule has 4 nitrogen and oxygen atoms in total. The molecule has 1 unspecified atom stereocenters. The lowest BCUT2D eigenvalue weighted by molar-refractivity contribution is -0.125. The second-order valence-electron chi connectivity index (χ2n) is 6.93. The number of aryl methyl sites for hydroxylation is 1. The number of fused-ring (bicyclic) bond motifs is 2. The van der Waals surface area contributed by atoms with Crippen molar-refractivity contribution in [3.05, 3.63) is 71.4 Å².